The van der Waals surface area contributed by atoms with Crippen LogP contribution in [0.2, 0.25) is 0 Å². The van der Waals surface area contributed by atoms with Gasteiger partial charge in [0.1, 0.15) is 11.5 Å². The number of carbonyl (C=O) groups excluding carboxylic acids is 1. The van der Waals surface area contributed by atoms with E-state index in [9.17, 15) is 9.18 Å². The molecule has 0 bridgehead atoms. The molecule has 0 spiro atoms. The Morgan fingerprint density at radius 1 is 1.16 bits per heavy atom. The van der Waals surface area contributed by atoms with E-state index in [-0.39, 0.29) is 5.82 Å². The van der Waals surface area contributed by atoms with Gasteiger partial charge in [0.2, 0.25) is 0 Å². The highest BCUT2D eigenvalue weighted by Crippen LogP contribution is 2.24. The van der Waals surface area contributed by atoms with E-state index in [2.05, 4.69) is 15.6 Å². The molecule has 0 saturated heterocycles. The molecule has 2 heterocycles. The second-order valence-corrected chi connectivity index (χ2v) is 5.53. The summed E-state index contributed by atoms with van der Waals surface area (Å²) in [6.07, 6.45) is 0. The zero-order chi connectivity index (χ0) is 17.4. The van der Waals surface area contributed by atoms with E-state index in [1.165, 1.54) is 22.9 Å². The molecule has 0 radical (unpaired) electrons. The van der Waals surface area contributed by atoms with Gasteiger partial charge in [-0.15, -0.1) is 0 Å². The maximum absolute atomic E-state index is 13.4. The monoisotopic (exact) mass is 336 g/mol. The molecule has 124 valence electrons. The summed E-state index contributed by atoms with van der Waals surface area (Å²) in [6, 6.07) is 15.2. The molecular formula is C18H13FN4O2. The Morgan fingerprint density at radius 3 is 2.76 bits per heavy atom. The van der Waals surface area contributed by atoms with Gasteiger partial charge in [0.05, 0.1) is 11.1 Å². The summed E-state index contributed by atoms with van der Waals surface area (Å²) < 4.78 is 20.0. The Morgan fingerprint density at radius 2 is 1.96 bits per heavy atom. The summed E-state index contributed by atoms with van der Waals surface area (Å²) in [5.74, 6) is -0.670. The number of hydrogen-bond donors (Lipinski definition) is 1. The third-order valence-electron chi connectivity index (χ3n) is 3.85. The highest BCUT2D eigenvalue weighted by Gasteiger charge is 2.18. The Bertz CT molecular complexity index is 1070. The fourth-order valence-corrected chi connectivity index (χ4v) is 2.60. The van der Waals surface area contributed by atoms with Crippen LogP contribution in [0.5, 0.6) is 0 Å². The lowest BCUT2D eigenvalue weighted by Gasteiger charge is -2.01. The van der Waals surface area contributed by atoms with Crippen LogP contribution < -0.4 is 5.32 Å². The number of aromatic nitrogens is 3. The van der Waals surface area contributed by atoms with Crippen molar-refractivity contribution in [2.45, 2.75) is 0 Å². The van der Waals surface area contributed by atoms with Crippen molar-refractivity contribution in [3.05, 3.63) is 66.1 Å². The second kappa shape index (κ2) is 5.86. The van der Waals surface area contributed by atoms with Crippen LogP contribution in [0.25, 0.3) is 22.2 Å². The lowest BCUT2D eigenvalue weighted by atomic mass is 10.1. The Balaban J connectivity index is 1.65. The number of halogens is 1. The lowest BCUT2D eigenvalue weighted by molar-refractivity contribution is 0.101. The van der Waals surface area contributed by atoms with Gasteiger partial charge in [0.25, 0.3) is 5.91 Å². The van der Waals surface area contributed by atoms with Crippen molar-refractivity contribution < 1.29 is 13.7 Å². The molecule has 0 saturated carbocycles. The quantitative estimate of drug-likeness (QED) is 0.620. The first-order valence-electron chi connectivity index (χ1n) is 7.57. The second-order valence-electron chi connectivity index (χ2n) is 5.53. The summed E-state index contributed by atoms with van der Waals surface area (Å²) in [5.41, 5.74) is 2.34. The van der Waals surface area contributed by atoms with Crippen LogP contribution in [0.4, 0.5) is 10.2 Å². The van der Waals surface area contributed by atoms with Crippen LogP contribution in [0.3, 0.4) is 0 Å². The van der Waals surface area contributed by atoms with Crippen molar-refractivity contribution in [2.75, 3.05) is 5.32 Å². The van der Waals surface area contributed by atoms with Crippen molar-refractivity contribution in [1.82, 2.24) is 14.9 Å². The summed E-state index contributed by atoms with van der Waals surface area (Å²) in [5, 5.41) is 11.2. The number of carbonyl (C=O) groups is 1. The van der Waals surface area contributed by atoms with Gasteiger partial charge >= 0.3 is 0 Å². The molecule has 0 unspecified atom stereocenters. The molecule has 0 fully saturated rings. The van der Waals surface area contributed by atoms with Crippen LogP contribution in [0.15, 0.2) is 59.1 Å². The van der Waals surface area contributed by atoms with Crippen LogP contribution in [-0.4, -0.2) is 20.8 Å². The highest BCUT2D eigenvalue weighted by atomic mass is 19.1. The van der Waals surface area contributed by atoms with Gasteiger partial charge in [0, 0.05) is 12.6 Å². The molecule has 7 heteroatoms. The molecule has 25 heavy (non-hydrogen) atoms. The molecule has 0 aliphatic rings. The number of fused-ring (bicyclic) bond motifs is 1. The zero-order valence-corrected chi connectivity index (χ0v) is 13.2. The molecule has 0 aliphatic carbocycles. The molecular weight excluding hydrogens is 323 g/mol. The van der Waals surface area contributed by atoms with E-state index < -0.39 is 11.7 Å². The molecule has 6 nitrogen and oxygen atoms in total. The first-order chi connectivity index (χ1) is 12.1. The van der Waals surface area contributed by atoms with Crippen LogP contribution in [-0.2, 0) is 7.05 Å². The van der Waals surface area contributed by atoms with E-state index >= 15 is 0 Å². The zero-order valence-electron chi connectivity index (χ0n) is 13.2. The third-order valence-corrected chi connectivity index (χ3v) is 3.85. The predicted molar refractivity (Wildman–Crippen MR) is 90.6 cm³/mol. The van der Waals surface area contributed by atoms with Gasteiger partial charge in [-0.1, -0.05) is 35.5 Å². The lowest BCUT2D eigenvalue weighted by Crippen LogP contribution is -2.16. The average molecular weight is 336 g/mol. The first kappa shape index (κ1) is 15.1. The van der Waals surface area contributed by atoms with Crippen molar-refractivity contribution in [1.29, 1.82) is 0 Å². The van der Waals surface area contributed by atoms with Gasteiger partial charge in [-0.05, 0) is 24.3 Å². The van der Waals surface area contributed by atoms with Crippen LogP contribution >= 0.6 is 0 Å². The minimum absolute atomic E-state index is 0.168. The number of benzene rings is 2. The van der Waals surface area contributed by atoms with E-state index in [0.29, 0.717) is 22.4 Å². The average Bonchev–Trinajstić information content (AvgIpc) is 3.19. The summed E-state index contributed by atoms with van der Waals surface area (Å²) >= 11 is 0. The van der Waals surface area contributed by atoms with E-state index in [1.807, 2.05) is 30.3 Å². The Kier molecular flexibility index (Phi) is 3.53. The van der Waals surface area contributed by atoms with Gasteiger partial charge in [-0.2, -0.15) is 5.10 Å². The topological polar surface area (TPSA) is 73.0 Å². The fourth-order valence-electron chi connectivity index (χ4n) is 2.60. The van der Waals surface area contributed by atoms with Gasteiger partial charge in [0.15, 0.2) is 11.4 Å². The summed E-state index contributed by atoms with van der Waals surface area (Å²) in [7, 11) is 1.68. The molecule has 1 amide bonds. The fraction of sp³-hybridized carbons (Fsp3) is 0.0556. The molecule has 4 rings (SSSR count). The van der Waals surface area contributed by atoms with E-state index in [4.69, 9.17) is 4.52 Å². The van der Waals surface area contributed by atoms with Crippen molar-refractivity contribution in [2.24, 2.45) is 7.05 Å². The molecule has 2 aromatic heterocycles. The van der Waals surface area contributed by atoms with E-state index in [1.54, 1.807) is 13.1 Å². The number of nitrogens with zero attached hydrogens (tertiary/aromatic N) is 3. The molecule has 2 aromatic carbocycles. The normalized spacial score (nSPS) is 11.0. The number of nitrogens with one attached hydrogen (secondary N) is 1. The minimum Gasteiger partial charge on any atom is -0.354 e. The maximum atomic E-state index is 13.4. The van der Waals surface area contributed by atoms with Crippen molar-refractivity contribution in [3.63, 3.8) is 0 Å². The predicted octanol–water partition coefficient (Wildman–Crippen LogP) is 3.62. The van der Waals surface area contributed by atoms with Crippen molar-refractivity contribution >= 4 is 22.7 Å². The maximum Gasteiger partial charge on any atom is 0.275 e. The largest absolute Gasteiger partial charge is 0.354 e. The Hall–Kier alpha value is -3.48. The van der Waals surface area contributed by atoms with Gasteiger partial charge in [-0.25, -0.2) is 4.39 Å². The van der Waals surface area contributed by atoms with Gasteiger partial charge < -0.3 is 9.84 Å². The number of anilines is 1. The number of rotatable bonds is 3. The molecule has 0 aliphatic heterocycles. The molecule has 1 N–H and O–H groups in total. The summed E-state index contributed by atoms with van der Waals surface area (Å²) in [4.78, 5) is 12.6. The van der Waals surface area contributed by atoms with Crippen molar-refractivity contribution in [3.8, 4) is 11.3 Å². The third kappa shape index (κ3) is 2.76. The smallest absolute Gasteiger partial charge is 0.275 e. The molecule has 4 aromatic rings. The standard InChI is InChI=1S/C18H13FN4O2/c1-23-15(10-14(21-23)11-5-3-2-4-6-11)18(24)20-17-13-9-12(19)7-8-16(13)25-22-17/h2-10H,1H3,(H,20,22,24). The number of hydrogen-bond acceptors (Lipinski definition) is 4. The first-order valence-corrected chi connectivity index (χ1v) is 7.57. The Labute approximate surface area is 141 Å². The van der Waals surface area contributed by atoms with Crippen LogP contribution in [0, 0.1) is 5.82 Å². The highest BCUT2D eigenvalue weighted by molar-refractivity contribution is 6.07. The van der Waals surface area contributed by atoms with Crippen LogP contribution in [0.1, 0.15) is 10.5 Å². The van der Waals surface area contributed by atoms with E-state index in [0.717, 1.165) is 5.56 Å². The molecule has 0 atom stereocenters. The SMILES string of the molecule is Cn1nc(-c2ccccc2)cc1C(=O)Nc1noc2ccc(F)cc12. The minimum atomic E-state index is -0.432. The summed E-state index contributed by atoms with van der Waals surface area (Å²) in [6.45, 7) is 0. The number of aryl methyl sites for hydroxylation is 1. The number of amides is 1. The van der Waals surface area contributed by atoms with Gasteiger partial charge in [-0.3, -0.25) is 9.48 Å².